The molecule has 1 aliphatic carbocycles. The second-order valence-corrected chi connectivity index (χ2v) is 11.8. The number of unbranched alkanes of at least 4 members (excludes halogenated alkanes) is 1. The predicted molar refractivity (Wildman–Crippen MR) is 158 cm³/mol. The number of likely N-dealkylation sites (tertiary alicyclic amines) is 1. The van der Waals surface area contributed by atoms with Gasteiger partial charge in [-0.1, -0.05) is 73.5 Å². The van der Waals surface area contributed by atoms with Crippen molar-refractivity contribution in [1.82, 2.24) is 20.4 Å². The van der Waals surface area contributed by atoms with Gasteiger partial charge in [0.25, 0.3) is 0 Å². The van der Waals surface area contributed by atoms with Crippen molar-refractivity contribution in [3.63, 3.8) is 0 Å². The molecule has 2 N–H and O–H groups in total. The summed E-state index contributed by atoms with van der Waals surface area (Å²) in [6.45, 7) is 3.33. The minimum absolute atomic E-state index is 0.0272. The minimum atomic E-state index is -0.726. The van der Waals surface area contributed by atoms with Gasteiger partial charge in [0.05, 0.1) is 0 Å². The monoisotopic (exact) mass is 560 g/mol. The largest absolute Gasteiger partial charge is 0.445 e. The third-order valence-corrected chi connectivity index (χ3v) is 9.06. The first kappa shape index (κ1) is 29.1. The predicted octanol–water partition coefficient (Wildman–Crippen LogP) is 4.43. The zero-order chi connectivity index (χ0) is 28.5. The number of alkyl carbamates (subject to hydrolysis) is 1. The molecule has 3 amide bonds. The van der Waals surface area contributed by atoms with E-state index in [0.29, 0.717) is 32.2 Å². The van der Waals surface area contributed by atoms with E-state index in [2.05, 4.69) is 39.8 Å². The fourth-order valence-electron chi connectivity index (χ4n) is 6.71. The third kappa shape index (κ3) is 7.28. The minimum Gasteiger partial charge on any atom is -0.445 e. The maximum Gasteiger partial charge on any atom is 0.407 e. The van der Waals surface area contributed by atoms with E-state index in [1.54, 1.807) is 0 Å². The maximum atomic E-state index is 13.9. The van der Waals surface area contributed by atoms with Gasteiger partial charge in [-0.05, 0) is 62.5 Å². The Morgan fingerprint density at radius 2 is 1.59 bits per heavy atom. The second-order valence-electron chi connectivity index (χ2n) is 11.8. The molecule has 8 nitrogen and oxygen atoms in total. The number of hydrogen-bond acceptors (Lipinski definition) is 5. The molecule has 2 saturated heterocycles. The van der Waals surface area contributed by atoms with E-state index in [0.717, 1.165) is 63.7 Å². The van der Waals surface area contributed by atoms with Crippen LogP contribution in [0.15, 0.2) is 60.7 Å². The summed E-state index contributed by atoms with van der Waals surface area (Å²) in [5.41, 5.74) is 1.54. The first-order valence-electron chi connectivity index (χ1n) is 15.4. The zero-order valence-electron chi connectivity index (χ0n) is 24.1. The molecule has 8 heteroatoms. The summed E-state index contributed by atoms with van der Waals surface area (Å²) in [7, 11) is 0. The number of hydrogen-bond donors (Lipinski definition) is 2. The Bertz CT molecular complexity index is 1140. The molecule has 2 aromatic rings. The fraction of sp³-hybridized carbons (Fsp3) is 0.545. The lowest BCUT2D eigenvalue weighted by molar-refractivity contribution is -0.165. The van der Waals surface area contributed by atoms with Crippen LogP contribution in [-0.2, 0) is 27.4 Å². The van der Waals surface area contributed by atoms with E-state index >= 15 is 0 Å². The van der Waals surface area contributed by atoms with E-state index in [-0.39, 0.29) is 24.5 Å². The molecule has 0 unspecified atom stereocenters. The summed E-state index contributed by atoms with van der Waals surface area (Å²) in [6.07, 6.45) is 8.16. The maximum absolute atomic E-state index is 13.9. The number of rotatable bonds is 11. The summed E-state index contributed by atoms with van der Waals surface area (Å²) in [4.78, 5) is 44.2. The molecular weight excluding hydrogens is 516 g/mol. The molecule has 0 radical (unpaired) electrons. The lowest BCUT2D eigenvalue weighted by Crippen LogP contribution is -2.74. The number of benzene rings is 2. The van der Waals surface area contributed by atoms with Gasteiger partial charge < -0.3 is 25.2 Å². The van der Waals surface area contributed by atoms with Gasteiger partial charge in [-0.25, -0.2) is 4.79 Å². The summed E-state index contributed by atoms with van der Waals surface area (Å²) in [6, 6.07) is 19.8. The van der Waals surface area contributed by atoms with Crippen molar-refractivity contribution in [1.29, 1.82) is 0 Å². The van der Waals surface area contributed by atoms with Crippen LogP contribution < -0.4 is 10.6 Å². The van der Waals surface area contributed by atoms with E-state index in [9.17, 15) is 14.4 Å². The summed E-state index contributed by atoms with van der Waals surface area (Å²) in [5, 5.41) is 5.92. The molecule has 3 aliphatic rings. The fourth-order valence-corrected chi connectivity index (χ4v) is 6.71. The smallest absolute Gasteiger partial charge is 0.407 e. The number of carbonyl (C=O) groups excluding carboxylic acids is 3. The number of piperazine rings is 1. The zero-order valence-corrected chi connectivity index (χ0v) is 24.1. The number of nitrogens with one attached hydrogen (secondary N) is 2. The van der Waals surface area contributed by atoms with E-state index in [4.69, 9.17) is 4.74 Å². The molecular formula is C33H44N4O4. The van der Waals surface area contributed by atoms with Gasteiger partial charge in [-0.3, -0.25) is 9.59 Å². The first-order chi connectivity index (χ1) is 20.0. The third-order valence-electron chi connectivity index (χ3n) is 9.06. The quantitative estimate of drug-likeness (QED) is 0.397. The highest BCUT2D eigenvalue weighted by Crippen LogP contribution is 2.39. The number of ether oxygens (including phenoxy) is 1. The van der Waals surface area contributed by atoms with Gasteiger partial charge in [0.1, 0.15) is 18.2 Å². The van der Waals surface area contributed by atoms with Gasteiger partial charge in [0.15, 0.2) is 0 Å². The van der Waals surface area contributed by atoms with Crippen molar-refractivity contribution in [2.24, 2.45) is 0 Å². The van der Waals surface area contributed by atoms with E-state index in [1.807, 2.05) is 41.3 Å². The second kappa shape index (κ2) is 14.0. The van der Waals surface area contributed by atoms with Crippen molar-refractivity contribution in [2.45, 2.75) is 88.4 Å². The van der Waals surface area contributed by atoms with E-state index < -0.39 is 17.7 Å². The molecule has 1 saturated carbocycles. The lowest BCUT2D eigenvalue weighted by atomic mass is 9.80. The SMILES string of the molecule is O=C(NCCCC[C@@H]1NC(=O)C2(CCN(CCc3ccccc3)CC2)N(C2CCCC2)C1=O)OCc1ccccc1. The molecule has 0 aromatic heterocycles. The van der Waals surface area contributed by atoms with Crippen LogP contribution in [0.3, 0.4) is 0 Å². The highest BCUT2D eigenvalue weighted by atomic mass is 16.5. The summed E-state index contributed by atoms with van der Waals surface area (Å²) >= 11 is 0. The van der Waals surface area contributed by atoms with Crippen molar-refractivity contribution in [2.75, 3.05) is 26.2 Å². The molecule has 5 rings (SSSR count). The Kier molecular flexibility index (Phi) is 9.93. The van der Waals surface area contributed by atoms with Crippen LogP contribution in [0.1, 0.15) is 68.9 Å². The number of nitrogens with zero attached hydrogens (tertiary/aromatic N) is 2. The van der Waals surface area contributed by atoms with Crippen LogP contribution >= 0.6 is 0 Å². The van der Waals surface area contributed by atoms with Crippen molar-refractivity contribution in [3.8, 4) is 0 Å². The van der Waals surface area contributed by atoms with Gasteiger partial charge >= 0.3 is 6.09 Å². The van der Waals surface area contributed by atoms with Crippen LogP contribution in [0.2, 0.25) is 0 Å². The number of carbonyl (C=O) groups is 3. The Hall–Kier alpha value is -3.39. The summed E-state index contributed by atoms with van der Waals surface area (Å²) < 4.78 is 5.26. The molecule has 3 fully saturated rings. The molecule has 1 atom stereocenters. The molecule has 2 aromatic carbocycles. The average molecular weight is 561 g/mol. The standard InChI is InChI=1S/C33H44N4O4/c38-30-29(17-9-10-21-34-32(40)41-25-27-13-5-2-6-14-27)35-31(39)33(37(30)28-15-7-8-16-28)19-23-36(24-20-33)22-18-26-11-3-1-4-12-26/h1-6,11-14,28-29H,7-10,15-25H2,(H,34,40)(H,35,39)/t29-/m0/s1. The highest BCUT2D eigenvalue weighted by molar-refractivity contribution is 6.00. The Labute approximate surface area is 243 Å². The van der Waals surface area contributed by atoms with Crippen molar-refractivity contribution >= 4 is 17.9 Å². The van der Waals surface area contributed by atoms with Gasteiger partial charge in [-0.2, -0.15) is 0 Å². The Balaban J connectivity index is 1.10. The van der Waals surface area contributed by atoms with Crippen LogP contribution in [0, 0.1) is 0 Å². The molecule has 0 bridgehead atoms. The molecule has 2 heterocycles. The first-order valence-corrected chi connectivity index (χ1v) is 15.4. The number of amides is 3. The highest BCUT2D eigenvalue weighted by Gasteiger charge is 2.55. The Morgan fingerprint density at radius 1 is 0.927 bits per heavy atom. The van der Waals surface area contributed by atoms with Crippen LogP contribution in [0.25, 0.3) is 0 Å². The van der Waals surface area contributed by atoms with Gasteiger partial charge in [0, 0.05) is 32.2 Å². The molecule has 1 spiro atoms. The summed E-state index contributed by atoms with van der Waals surface area (Å²) in [5.74, 6) is 0.115. The van der Waals surface area contributed by atoms with Crippen LogP contribution in [-0.4, -0.2) is 71.5 Å². The van der Waals surface area contributed by atoms with Gasteiger partial charge in [-0.15, -0.1) is 0 Å². The van der Waals surface area contributed by atoms with Crippen LogP contribution in [0.5, 0.6) is 0 Å². The molecule has 41 heavy (non-hydrogen) atoms. The Morgan fingerprint density at radius 3 is 2.27 bits per heavy atom. The van der Waals surface area contributed by atoms with Crippen LogP contribution in [0.4, 0.5) is 4.79 Å². The normalized spacial score (nSPS) is 21.2. The number of piperidine rings is 1. The molecule has 220 valence electrons. The lowest BCUT2D eigenvalue weighted by Gasteiger charge is -2.54. The van der Waals surface area contributed by atoms with E-state index in [1.165, 1.54) is 5.56 Å². The van der Waals surface area contributed by atoms with Crippen molar-refractivity contribution < 1.29 is 19.1 Å². The topological polar surface area (TPSA) is 91.0 Å². The van der Waals surface area contributed by atoms with Crippen molar-refractivity contribution in [3.05, 3.63) is 71.8 Å². The average Bonchev–Trinajstić information content (AvgIpc) is 3.54. The molecule has 2 aliphatic heterocycles. The van der Waals surface area contributed by atoms with Gasteiger partial charge in [0.2, 0.25) is 11.8 Å².